The Bertz CT molecular complexity index is 1300. The van der Waals surface area contributed by atoms with Gasteiger partial charge in [-0.05, 0) is 149 Å². The van der Waals surface area contributed by atoms with Crippen LogP contribution in [0.2, 0.25) is 0 Å². The summed E-state index contributed by atoms with van der Waals surface area (Å²) in [6.07, 6.45) is 16.0. The van der Waals surface area contributed by atoms with E-state index in [-0.39, 0.29) is 45.2 Å². The van der Waals surface area contributed by atoms with Crippen LogP contribution in [0.1, 0.15) is 125 Å². The minimum Gasteiger partial charge on any atom is -0.504 e. The number of carbonyl (C=O) groups is 1. The van der Waals surface area contributed by atoms with Crippen molar-refractivity contribution in [2.45, 2.75) is 131 Å². The van der Waals surface area contributed by atoms with Crippen molar-refractivity contribution in [2.24, 2.45) is 45.3 Å². The van der Waals surface area contributed by atoms with E-state index in [2.05, 4.69) is 61.5 Å². The molecule has 1 aromatic carbocycles. The quantitative estimate of drug-likeness (QED) is 0.125. The molecule has 9 unspecified atom stereocenters. The Labute approximate surface area is 266 Å². The molecule has 44 heavy (non-hydrogen) atoms. The summed E-state index contributed by atoms with van der Waals surface area (Å²) in [6, 6.07) is 4.50. The van der Waals surface area contributed by atoms with Crippen molar-refractivity contribution >= 4 is 12.0 Å². The molecule has 4 saturated carbocycles. The van der Waals surface area contributed by atoms with E-state index < -0.39 is 5.60 Å². The van der Waals surface area contributed by atoms with E-state index in [1.165, 1.54) is 49.5 Å². The van der Waals surface area contributed by atoms with Crippen molar-refractivity contribution in [1.29, 1.82) is 0 Å². The summed E-state index contributed by atoms with van der Waals surface area (Å²) in [6.45, 7) is 18.8. The maximum absolute atomic E-state index is 13.0. The number of allylic oxidation sites excluding steroid dienone is 2. The number of hydrogen-bond acceptors (Lipinski definition) is 5. The van der Waals surface area contributed by atoms with E-state index in [0.29, 0.717) is 29.2 Å². The van der Waals surface area contributed by atoms with Gasteiger partial charge in [0.05, 0.1) is 5.60 Å². The maximum Gasteiger partial charge on any atom is 0.331 e. The predicted octanol–water partition coefficient (Wildman–Crippen LogP) is 9.21. The monoisotopic (exact) mass is 606 g/mol. The van der Waals surface area contributed by atoms with Crippen LogP contribution in [0.5, 0.6) is 11.5 Å². The van der Waals surface area contributed by atoms with E-state index in [0.717, 1.165) is 38.5 Å². The Hall–Kier alpha value is -2.27. The molecule has 0 heterocycles. The van der Waals surface area contributed by atoms with Crippen molar-refractivity contribution in [1.82, 2.24) is 0 Å². The summed E-state index contributed by atoms with van der Waals surface area (Å²) in [5, 5.41) is 31.1. The minimum atomic E-state index is -0.625. The Kier molecular flexibility index (Phi) is 8.66. The van der Waals surface area contributed by atoms with Gasteiger partial charge in [-0.25, -0.2) is 4.79 Å². The molecule has 5 heteroatoms. The number of benzene rings is 1. The number of ether oxygens (including phenoxy) is 1. The molecule has 244 valence electrons. The Balaban J connectivity index is 1.31. The van der Waals surface area contributed by atoms with Crippen LogP contribution in [0.4, 0.5) is 0 Å². The highest BCUT2D eigenvalue weighted by molar-refractivity contribution is 5.87. The number of carbonyl (C=O) groups excluding carboxylic acids is 1. The van der Waals surface area contributed by atoms with Crippen molar-refractivity contribution < 1.29 is 24.9 Å². The molecule has 5 rings (SSSR count). The first-order valence-corrected chi connectivity index (χ1v) is 17.2. The van der Waals surface area contributed by atoms with Crippen molar-refractivity contribution in [2.75, 3.05) is 0 Å². The second-order valence-corrected chi connectivity index (χ2v) is 16.9. The van der Waals surface area contributed by atoms with Crippen LogP contribution in [0.15, 0.2) is 35.9 Å². The zero-order valence-corrected chi connectivity index (χ0v) is 28.6. The SMILES string of the molecule is CC(C)=CCCC(C)(O)C1CCC2(C)C1CCC1C3(C)CCC(OC(=O)/C=C/c4ccc(O)c(O)c4)C(C)(C)C3CCC12C. The van der Waals surface area contributed by atoms with Gasteiger partial charge in [0.25, 0.3) is 0 Å². The number of aromatic hydroxyl groups is 2. The highest BCUT2D eigenvalue weighted by Gasteiger charge is 2.69. The smallest absolute Gasteiger partial charge is 0.331 e. The summed E-state index contributed by atoms with van der Waals surface area (Å²) in [5.41, 5.74) is 1.86. The summed E-state index contributed by atoms with van der Waals surface area (Å²) in [5.74, 6) is 1.28. The number of rotatable bonds is 7. The summed E-state index contributed by atoms with van der Waals surface area (Å²) < 4.78 is 6.16. The first-order chi connectivity index (χ1) is 20.5. The average Bonchev–Trinajstić information content (AvgIpc) is 3.30. The van der Waals surface area contributed by atoms with Crippen LogP contribution in [0, 0.1) is 45.3 Å². The standard InChI is InChI=1S/C39H58O5/c1-25(2)10-9-20-39(8,43)28-17-22-37(6)27(28)13-15-32-36(5)21-19-33(35(3,4)31(36)18-23-38(32,37)7)44-34(42)16-12-26-11-14-29(40)30(41)24-26/h10-12,14,16,24,27-28,31-33,40-41,43H,9,13,15,17-23H2,1-8H3/b16-12+. The predicted molar refractivity (Wildman–Crippen MR) is 177 cm³/mol. The second kappa shape index (κ2) is 11.5. The molecule has 0 radical (unpaired) electrons. The van der Waals surface area contributed by atoms with Gasteiger partial charge >= 0.3 is 5.97 Å². The summed E-state index contributed by atoms with van der Waals surface area (Å²) in [7, 11) is 0. The van der Waals surface area contributed by atoms with E-state index >= 15 is 0 Å². The van der Waals surface area contributed by atoms with Gasteiger partial charge in [0, 0.05) is 11.5 Å². The van der Waals surface area contributed by atoms with Gasteiger partial charge < -0.3 is 20.1 Å². The third-order valence-electron chi connectivity index (χ3n) is 14.0. The fourth-order valence-electron chi connectivity index (χ4n) is 11.5. The molecule has 0 aliphatic heterocycles. The first-order valence-electron chi connectivity index (χ1n) is 17.2. The van der Waals surface area contributed by atoms with Gasteiger partial charge in [0.2, 0.25) is 0 Å². The van der Waals surface area contributed by atoms with Crippen LogP contribution in [-0.4, -0.2) is 33.0 Å². The van der Waals surface area contributed by atoms with Crippen LogP contribution < -0.4 is 0 Å². The average molecular weight is 607 g/mol. The fourth-order valence-corrected chi connectivity index (χ4v) is 11.5. The van der Waals surface area contributed by atoms with Gasteiger partial charge in [-0.15, -0.1) is 0 Å². The van der Waals surface area contributed by atoms with E-state index in [4.69, 9.17) is 4.74 Å². The lowest BCUT2D eigenvalue weighted by molar-refractivity contribution is -0.229. The first kappa shape index (κ1) is 33.1. The van der Waals surface area contributed by atoms with Gasteiger partial charge in [-0.1, -0.05) is 52.3 Å². The van der Waals surface area contributed by atoms with Gasteiger partial charge in [-0.2, -0.15) is 0 Å². The molecule has 5 nitrogen and oxygen atoms in total. The van der Waals surface area contributed by atoms with Crippen LogP contribution in [-0.2, 0) is 9.53 Å². The second-order valence-electron chi connectivity index (χ2n) is 16.9. The topological polar surface area (TPSA) is 87.0 Å². The van der Waals surface area contributed by atoms with Crippen molar-refractivity contribution in [3.8, 4) is 11.5 Å². The Morgan fingerprint density at radius 2 is 1.64 bits per heavy atom. The van der Waals surface area contributed by atoms with Gasteiger partial charge in [-0.3, -0.25) is 0 Å². The number of hydrogen-bond donors (Lipinski definition) is 3. The van der Waals surface area contributed by atoms with Crippen molar-refractivity contribution in [3.63, 3.8) is 0 Å². The normalized spacial score (nSPS) is 39.1. The molecule has 4 aliphatic rings. The zero-order valence-electron chi connectivity index (χ0n) is 28.6. The largest absolute Gasteiger partial charge is 0.504 e. The molecular formula is C39H58O5. The lowest BCUT2D eigenvalue weighted by Gasteiger charge is -2.70. The van der Waals surface area contributed by atoms with Crippen LogP contribution >= 0.6 is 0 Å². The molecule has 9 atom stereocenters. The highest BCUT2D eigenvalue weighted by atomic mass is 16.5. The number of aliphatic hydroxyl groups is 1. The maximum atomic E-state index is 13.0. The van der Waals surface area contributed by atoms with Gasteiger partial charge in [0.15, 0.2) is 11.5 Å². The van der Waals surface area contributed by atoms with Crippen LogP contribution in [0.3, 0.4) is 0 Å². The molecule has 0 amide bonds. The number of phenols is 2. The molecule has 4 fully saturated rings. The molecule has 0 aromatic heterocycles. The zero-order chi connectivity index (χ0) is 32.3. The Morgan fingerprint density at radius 3 is 2.32 bits per heavy atom. The van der Waals surface area contributed by atoms with Crippen LogP contribution in [0.25, 0.3) is 6.08 Å². The lowest BCUT2D eigenvalue weighted by Crippen LogP contribution is -2.64. The third kappa shape index (κ3) is 5.43. The molecule has 4 aliphatic carbocycles. The Morgan fingerprint density at radius 1 is 0.932 bits per heavy atom. The summed E-state index contributed by atoms with van der Waals surface area (Å²) >= 11 is 0. The van der Waals surface area contributed by atoms with Gasteiger partial charge in [0.1, 0.15) is 6.10 Å². The third-order valence-corrected chi connectivity index (χ3v) is 14.0. The lowest BCUT2D eigenvalue weighted by atomic mass is 9.35. The summed E-state index contributed by atoms with van der Waals surface area (Å²) in [4.78, 5) is 13.0. The van der Waals surface area contributed by atoms with E-state index in [9.17, 15) is 20.1 Å². The number of phenolic OH excluding ortho intramolecular Hbond substituents is 2. The fraction of sp³-hybridized carbons (Fsp3) is 0.718. The number of esters is 1. The van der Waals surface area contributed by atoms with Crippen molar-refractivity contribution in [3.05, 3.63) is 41.5 Å². The van der Waals surface area contributed by atoms with E-state index in [1.807, 2.05) is 0 Å². The van der Waals surface area contributed by atoms with E-state index in [1.54, 1.807) is 12.1 Å². The molecule has 1 aromatic rings. The molecule has 0 spiro atoms. The minimum absolute atomic E-state index is 0.140. The molecule has 0 bridgehead atoms. The molecule has 3 N–H and O–H groups in total. The highest BCUT2D eigenvalue weighted by Crippen LogP contribution is 2.76. The molecular weight excluding hydrogens is 548 g/mol. The molecule has 0 saturated heterocycles. The number of fused-ring (bicyclic) bond motifs is 5.